The molecule has 0 spiro atoms. The minimum Gasteiger partial charge on any atom is -0.495 e. The van der Waals surface area contributed by atoms with Gasteiger partial charge in [0.15, 0.2) is 17.2 Å². The summed E-state index contributed by atoms with van der Waals surface area (Å²) in [6.07, 6.45) is 5.65. The number of nitrogens with one attached hydrogen (secondary N) is 8. The van der Waals surface area contributed by atoms with E-state index < -0.39 is 30.0 Å². The number of nitriles is 1. The summed E-state index contributed by atoms with van der Waals surface area (Å²) in [6, 6.07) is 34.7. The van der Waals surface area contributed by atoms with E-state index in [2.05, 4.69) is 122 Å². The summed E-state index contributed by atoms with van der Waals surface area (Å²) in [6.45, 7) is 30.2. The van der Waals surface area contributed by atoms with Crippen LogP contribution in [-0.2, 0) is 26.6 Å². The molecule has 6 aliphatic heterocycles. The monoisotopic (exact) mass is 1780 g/mol. The molecule has 0 unspecified atom stereocenters. The van der Waals surface area contributed by atoms with E-state index in [1.54, 1.807) is 55.7 Å². The topological polar surface area (TPSA) is 326 Å². The second kappa shape index (κ2) is 37.6. The van der Waals surface area contributed by atoms with E-state index in [4.69, 9.17) is 53.8 Å². The predicted molar refractivity (Wildman–Crippen MR) is 499 cm³/mol. The SMILES string of the molecule is CCN(CC)CCNC(=O)c1c(C)[nH]c(C=C2C(=O)Nc3ccc(Cl)cc32)c1C.CCN(CC)CCNC(=O)c1c(C)[nH]c(C=C2C(=O)Nc3ccc(F)cc32)c1C.COc1cc(Nc2c(C#N)cnc3cc(OCCCN4CCN(C)CC4)c(OC)cc23)c(Cl)cc1Cl.C[C@@]12O[C@@H](C[C@@]1(O)CO)n1c3ccccc3c3c4c(c5c6ccccc6n2c5c31)CNC4=O. The highest BCUT2D eigenvalue weighted by molar-refractivity contribution is 6.39. The molecule has 127 heavy (non-hydrogen) atoms. The molecule has 5 aromatic heterocycles. The zero-order valence-electron chi connectivity index (χ0n) is 73.1. The number of aromatic amines is 2. The van der Waals surface area contributed by atoms with Crippen LogP contribution in [0.2, 0.25) is 15.1 Å². The van der Waals surface area contributed by atoms with Crippen LogP contribution in [0, 0.1) is 44.8 Å². The number of halogens is 4. The van der Waals surface area contributed by atoms with Crippen molar-refractivity contribution in [1.82, 2.24) is 59.6 Å². The van der Waals surface area contributed by atoms with E-state index in [0.717, 1.165) is 173 Å². The van der Waals surface area contributed by atoms with Crippen LogP contribution >= 0.6 is 34.8 Å². The highest BCUT2D eigenvalue weighted by atomic mass is 35.5. The number of methoxy groups -OCH3 is 2. The van der Waals surface area contributed by atoms with Gasteiger partial charge in [-0.3, -0.25) is 29.0 Å². The number of hydrogen-bond donors (Lipinski definition) is 10. The molecule has 662 valence electrons. The summed E-state index contributed by atoms with van der Waals surface area (Å²) < 4.78 is 41.6. The van der Waals surface area contributed by atoms with Crippen molar-refractivity contribution in [2.45, 2.75) is 99.3 Å². The van der Waals surface area contributed by atoms with Gasteiger partial charge in [0.05, 0.1) is 110 Å². The number of aliphatic hydroxyl groups is 2. The molecule has 7 aromatic carbocycles. The Hall–Kier alpha value is -11.9. The minimum absolute atomic E-state index is 0.0555. The fraction of sp³-hybridized carbons (Fsp3) is 0.344. The van der Waals surface area contributed by atoms with Gasteiger partial charge in [-0.15, -0.1) is 0 Å². The number of anilines is 4. The maximum atomic E-state index is 13.7. The summed E-state index contributed by atoms with van der Waals surface area (Å²) in [7, 11) is 5.27. The number of carbonyl (C=O) groups excluding carboxylic acids is 5. The zero-order valence-corrected chi connectivity index (χ0v) is 75.4. The van der Waals surface area contributed by atoms with Gasteiger partial charge < -0.3 is 99.8 Å². The number of ether oxygens (including phenoxy) is 4. The van der Waals surface area contributed by atoms with E-state index in [1.165, 1.54) is 25.4 Å². The standard InChI is InChI=1S/C26H29Cl2N5O3.C26H21N3O4.C22H27ClN4O2.C22H27FN4O2/c1-32-6-8-33(9-7-32)5-4-10-36-25-13-21-18(11-24(25)35-3)26(17(15-29)16-30-21)31-22-14-23(34-2)20(28)12-19(22)27;1-25-26(32,12-30)10-18(33-25)28-16-8-4-2-6-13(16)20-21-15(11-27-24(21)31)19-14-7-3-5-9-17(14)29(25)23(19)22(20)28;2*1-5-27(6-2)10-9-24-22(29)20-13(3)19(25-14(20)4)12-17-16-11-15(23)7-8-18(16)26-21(17)28/h11-14,16H,4-10H2,1-3H3,(H,30,31);2-9,18,30,32H,10-12H2,1H3,(H,27,31);2*7-8,11-12,25H,5-6,9-10H2,1-4H3,(H,24,29)(H,26,28)/t;18-,25+,26+;;/m.0../s1. The van der Waals surface area contributed by atoms with Gasteiger partial charge in [-0.2, -0.15) is 5.26 Å². The number of amides is 5. The van der Waals surface area contributed by atoms with Gasteiger partial charge in [-0.1, -0.05) is 98.9 Å². The molecule has 12 aromatic rings. The van der Waals surface area contributed by atoms with Crippen LogP contribution in [0.4, 0.5) is 27.1 Å². The average molecular weight is 1780 g/mol. The molecule has 6 aliphatic rings. The lowest BCUT2D eigenvalue weighted by Gasteiger charge is -2.38. The average Bonchev–Trinajstić information content (AvgIpc) is 1.49. The summed E-state index contributed by atoms with van der Waals surface area (Å²) in [5, 5.41) is 55.7. The van der Waals surface area contributed by atoms with E-state index in [9.17, 15) is 43.8 Å². The van der Waals surface area contributed by atoms with Crippen LogP contribution in [0.3, 0.4) is 0 Å². The van der Waals surface area contributed by atoms with Crippen molar-refractivity contribution in [3.8, 4) is 23.3 Å². The maximum absolute atomic E-state index is 13.7. The van der Waals surface area contributed by atoms with E-state index in [0.29, 0.717) is 126 Å². The van der Waals surface area contributed by atoms with Crippen molar-refractivity contribution in [2.75, 3.05) is 136 Å². The first-order valence-corrected chi connectivity index (χ1v) is 43.9. The van der Waals surface area contributed by atoms with Gasteiger partial charge in [0, 0.05) is 167 Å². The highest BCUT2D eigenvalue weighted by Gasteiger charge is 2.61. The van der Waals surface area contributed by atoms with Crippen LogP contribution in [-0.4, -0.2) is 209 Å². The van der Waals surface area contributed by atoms with Crippen molar-refractivity contribution in [3.05, 3.63) is 209 Å². The molecule has 0 aliphatic carbocycles. The van der Waals surface area contributed by atoms with Gasteiger partial charge in [-0.05, 0) is 164 Å². The number of benzene rings is 7. The van der Waals surface area contributed by atoms with Crippen LogP contribution in [0.15, 0.2) is 115 Å². The predicted octanol–water partition coefficient (Wildman–Crippen LogP) is 15.8. The van der Waals surface area contributed by atoms with Gasteiger partial charge in [-0.25, -0.2) is 4.39 Å². The molecule has 31 heteroatoms. The van der Waals surface area contributed by atoms with Crippen LogP contribution in [0.1, 0.15) is 141 Å². The van der Waals surface area contributed by atoms with Gasteiger partial charge in [0.25, 0.3) is 29.5 Å². The molecule has 2 bridgehead atoms. The van der Waals surface area contributed by atoms with Crippen molar-refractivity contribution in [3.63, 3.8) is 0 Å². The lowest BCUT2D eigenvalue weighted by molar-refractivity contribution is -0.189. The van der Waals surface area contributed by atoms with Crippen molar-refractivity contribution >= 4 is 165 Å². The largest absolute Gasteiger partial charge is 0.495 e. The number of fused-ring (bicyclic) bond motifs is 16. The first-order valence-electron chi connectivity index (χ1n) is 42.7. The third kappa shape index (κ3) is 17.2. The Labute approximate surface area is 750 Å². The molecule has 27 nitrogen and oxygen atoms in total. The Morgan fingerprint density at radius 2 is 1.29 bits per heavy atom. The summed E-state index contributed by atoms with van der Waals surface area (Å²) in [5.41, 5.74) is 14.1. The molecule has 0 radical (unpaired) electrons. The number of aromatic nitrogens is 5. The molecular formula is C96H104Cl3FN16O11. The Balaban J connectivity index is 0.000000131. The molecule has 5 amide bonds. The number of aliphatic hydroxyl groups excluding tert-OH is 1. The van der Waals surface area contributed by atoms with Gasteiger partial charge >= 0.3 is 0 Å². The van der Waals surface area contributed by atoms with Crippen LogP contribution in [0.5, 0.6) is 17.2 Å². The number of likely N-dealkylation sites (N-methyl/N-ethyl adjacent to an activating group) is 3. The Bertz CT molecular complexity index is 6310. The van der Waals surface area contributed by atoms with Crippen LogP contribution < -0.4 is 46.1 Å². The van der Waals surface area contributed by atoms with Crippen LogP contribution in [0.25, 0.3) is 77.8 Å². The quantitative estimate of drug-likeness (QED) is 0.0198. The number of hydrogen-bond acceptors (Lipinski definition) is 18. The first kappa shape index (κ1) is 90.0. The lowest BCUT2D eigenvalue weighted by Crippen LogP contribution is -2.53. The normalized spacial score (nSPS) is 17.9. The van der Waals surface area contributed by atoms with Gasteiger partial charge in [0.1, 0.15) is 29.5 Å². The second-order valence-electron chi connectivity index (χ2n) is 32.6. The fourth-order valence-corrected chi connectivity index (χ4v) is 18.9. The molecule has 18 rings (SSSR count). The number of para-hydroxylation sites is 2. The number of rotatable bonds is 24. The Morgan fingerprint density at radius 3 is 1.88 bits per heavy atom. The van der Waals surface area contributed by atoms with Crippen molar-refractivity contribution < 1.29 is 57.5 Å². The molecular weight excluding hydrogens is 1680 g/mol. The molecule has 0 saturated carbocycles. The smallest absolute Gasteiger partial charge is 0.256 e. The number of H-pyrrole nitrogens is 2. The maximum Gasteiger partial charge on any atom is 0.256 e. The lowest BCUT2D eigenvalue weighted by atomic mass is 9.89. The van der Waals surface area contributed by atoms with Gasteiger partial charge in [0.2, 0.25) is 0 Å². The number of aryl methyl sites for hydroxylation is 2. The van der Waals surface area contributed by atoms with E-state index >= 15 is 0 Å². The van der Waals surface area contributed by atoms with Crippen molar-refractivity contribution in [2.24, 2.45) is 0 Å². The Kier molecular flexibility index (Phi) is 26.6. The van der Waals surface area contributed by atoms with Crippen molar-refractivity contribution in [1.29, 1.82) is 5.26 Å². The summed E-state index contributed by atoms with van der Waals surface area (Å²) >= 11 is 18.7. The number of piperazine rings is 1. The number of carbonyl (C=O) groups is 5. The highest BCUT2D eigenvalue weighted by Crippen LogP contribution is 2.58. The molecule has 3 atom stereocenters. The van der Waals surface area contributed by atoms with E-state index in [-0.39, 0.29) is 36.0 Å². The Morgan fingerprint density at radius 1 is 0.709 bits per heavy atom. The summed E-state index contributed by atoms with van der Waals surface area (Å²) in [5.74, 6) is 0.452. The van der Waals surface area contributed by atoms with E-state index in [1.807, 2.05) is 89.2 Å². The molecule has 11 heterocycles. The fourth-order valence-electron chi connectivity index (χ4n) is 18.2. The first-order chi connectivity index (χ1) is 61.1. The third-order valence-corrected chi connectivity index (χ3v) is 26.1. The second-order valence-corrected chi connectivity index (χ2v) is 33.8. The molecule has 2 fully saturated rings. The molecule has 10 N–H and O–H groups in total. The minimum atomic E-state index is -1.48. The third-order valence-electron chi connectivity index (χ3n) is 25.2. The number of nitrogens with zero attached hydrogens (tertiary/aromatic N) is 8. The molecule has 2 saturated heterocycles. The summed E-state index contributed by atoms with van der Waals surface area (Å²) in [4.78, 5) is 83.6. The number of pyridine rings is 1. The zero-order chi connectivity index (χ0) is 90.2.